The van der Waals surface area contributed by atoms with Crippen molar-refractivity contribution in [1.29, 1.82) is 0 Å². The number of aryl methyl sites for hydroxylation is 1. The fourth-order valence-corrected chi connectivity index (χ4v) is 0.622. The monoisotopic (exact) mass is 206 g/mol. The molecule has 0 heterocycles. The predicted octanol–water partition coefficient (Wildman–Crippen LogP) is 4.46. The average Bonchev–Trinajstić information content (AvgIpc) is 2.26. The van der Waals surface area contributed by atoms with Crippen molar-refractivity contribution in [2.24, 2.45) is 0 Å². The Bertz CT molecular complexity index is 230. The van der Waals surface area contributed by atoms with E-state index in [0.29, 0.717) is 0 Å². The largest absolute Gasteiger partial charge is 0.204 e. The van der Waals surface area contributed by atoms with Crippen molar-refractivity contribution >= 4 is 0 Å². The predicted molar refractivity (Wildman–Crippen MR) is 53.7 cm³/mol. The molecular formula is C11H17F3. The first-order valence-electron chi connectivity index (χ1n) is 4.73. The quantitative estimate of drug-likeness (QED) is 0.549. The number of rotatable bonds is 0. The summed E-state index contributed by atoms with van der Waals surface area (Å²) in [5, 5.41) is 0. The van der Waals surface area contributed by atoms with Crippen molar-refractivity contribution in [1.82, 2.24) is 0 Å². The molecule has 0 aliphatic rings. The highest BCUT2D eigenvalue weighted by Crippen LogP contribution is 2.13. The molecule has 82 valence electrons. The summed E-state index contributed by atoms with van der Waals surface area (Å²) in [7, 11) is 0. The van der Waals surface area contributed by atoms with E-state index in [1.807, 2.05) is 27.7 Å². The van der Waals surface area contributed by atoms with Gasteiger partial charge in [0.2, 0.25) is 0 Å². The average molecular weight is 206 g/mol. The van der Waals surface area contributed by atoms with E-state index in [9.17, 15) is 13.2 Å². The summed E-state index contributed by atoms with van der Waals surface area (Å²) in [6.45, 7) is 9.37. The van der Waals surface area contributed by atoms with Gasteiger partial charge in [-0.2, -0.15) is 0 Å². The molecule has 0 aliphatic carbocycles. The minimum atomic E-state index is -1.40. The highest BCUT2D eigenvalue weighted by Gasteiger charge is 2.09. The Balaban J connectivity index is 0. The van der Waals surface area contributed by atoms with Crippen LogP contribution in [0.3, 0.4) is 0 Å². The summed E-state index contributed by atoms with van der Waals surface area (Å²) in [5.41, 5.74) is 0.110. The van der Waals surface area contributed by atoms with E-state index < -0.39 is 17.5 Å². The van der Waals surface area contributed by atoms with Crippen molar-refractivity contribution < 1.29 is 13.2 Å². The van der Waals surface area contributed by atoms with E-state index in [2.05, 4.69) is 0 Å². The molecule has 0 fully saturated rings. The van der Waals surface area contributed by atoms with Crippen LogP contribution in [-0.4, -0.2) is 0 Å². The molecule has 1 rings (SSSR count). The van der Waals surface area contributed by atoms with Crippen LogP contribution in [-0.2, 0) is 0 Å². The molecule has 1 aromatic carbocycles. The van der Waals surface area contributed by atoms with Crippen LogP contribution in [0.4, 0.5) is 13.2 Å². The first-order valence-corrected chi connectivity index (χ1v) is 4.73. The zero-order chi connectivity index (χ0) is 11.7. The number of benzene rings is 1. The lowest BCUT2D eigenvalue weighted by atomic mass is 10.2. The van der Waals surface area contributed by atoms with Gasteiger partial charge < -0.3 is 0 Å². The van der Waals surface area contributed by atoms with Gasteiger partial charge >= 0.3 is 0 Å². The third kappa shape index (κ3) is 4.30. The minimum absolute atomic E-state index is 0.110. The zero-order valence-electron chi connectivity index (χ0n) is 9.29. The Labute approximate surface area is 83.8 Å². The summed E-state index contributed by atoms with van der Waals surface area (Å²) in [5.74, 6) is -3.66. The van der Waals surface area contributed by atoms with E-state index in [1.165, 1.54) is 13.0 Å². The van der Waals surface area contributed by atoms with Crippen LogP contribution in [0, 0.1) is 24.4 Å². The zero-order valence-corrected chi connectivity index (χ0v) is 9.29. The maximum absolute atomic E-state index is 12.4. The molecule has 1 aromatic rings. The second-order valence-corrected chi connectivity index (χ2v) is 1.99. The smallest absolute Gasteiger partial charge is 0.194 e. The highest BCUT2D eigenvalue weighted by molar-refractivity contribution is 5.18. The Morgan fingerprint density at radius 2 is 1.21 bits per heavy atom. The lowest BCUT2D eigenvalue weighted by Gasteiger charge is -1.96. The molecule has 0 atom stereocenters. The van der Waals surface area contributed by atoms with Crippen LogP contribution in [0.25, 0.3) is 0 Å². The van der Waals surface area contributed by atoms with Crippen molar-refractivity contribution in [3.05, 3.63) is 35.1 Å². The summed E-state index contributed by atoms with van der Waals surface area (Å²) in [6, 6.07) is 2.08. The lowest BCUT2D eigenvalue weighted by molar-refractivity contribution is 0.443. The molecule has 0 radical (unpaired) electrons. The van der Waals surface area contributed by atoms with Crippen LogP contribution in [0.2, 0.25) is 0 Å². The summed E-state index contributed by atoms with van der Waals surface area (Å²) in [6.07, 6.45) is 0. The van der Waals surface area contributed by atoms with E-state index in [0.717, 1.165) is 6.07 Å². The summed E-state index contributed by atoms with van der Waals surface area (Å²) >= 11 is 0. The summed E-state index contributed by atoms with van der Waals surface area (Å²) in [4.78, 5) is 0. The SMILES string of the molecule is CC.CC.Cc1ccc(F)c(F)c1F. The van der Waals surface area contributed by atoms with Gasteiger partial charge in [-0.25, -0.2) is 13.2 Å². The molecule has 0 N–H and O–H groups in total. The molecule has 0 aliphatic heterocycles. The van der Waals surface area contributed by atoms with Gasteiger partial charge in [-0.15, -0.1) is 0 Å². The third-order valence-electron chi connectivity index (χ3n) is 1.23. The van der Waals surface area contributed by atoms with Gasteiger partial charge in [0, 0.05) is 0 Å². The van der Waals surface area contributed by atoms with Gasteiger partial charge in [0.25, 0.3) is 0 Å². The molecule has 0 saturated carbocycles. The van der Waals surface area contributed by atoms with Gasteiger partial charge in [-0.05, 0) is 18.6 Å². The molecule has 0 nitrogen and oxygen atoms in total. The molecule has 0 unspecified atom stereocenters. The first kappa shape index (κ1) is 15.5. The molecule has 0 amide bonds. The fourth-order valence-electron chi connectivity index (χ4n) is 0.622. The van der Waals surface area contributed by atoms with Gasteiger partial charge in [-0.3, -0.25) is 0 Å². The molecule has 0 bridgehead atoms. The van der Waals surface area contributed by atoms with Crippen molar-refractivity contribution in [3.8, 4) is 0 Å². The Hall–Kier alpha value is -0.990. The van der Waals surface area contributed by atoms with E-state index in [4.69, 9.17) is 0 Å². The number of hydrogen-bond acceptors (Lipinski definition) is 0. The van der Waals surface area contributed by atoms with E-state index in [1.54, 1.807) is 0 Å². The van der Waals surface area contributed by atoms with E-state index >= 15 is 0 Å². The first-order chi connectivity index (χ1) is 6.63. The molecule has 0 aromatic heterocycles. The maximum Gasteiger partial charge on any atom is 0.194 e. The molecule has 3 heteroatoms. The van der Waals surface area contributed by atoms with Gasteiger partial charge in [0.05, 0.1) is 0 Å². The molecular weight excluding hydrogens is 189 g/mol. The van der Waals surface area contributed by atoms with Crippen LogP contribution < -0.4 is 0 Å². The maximum atomic E-state index is 12.4. The minimum Gasteiger partial charge on any atom is -0.204 e. The topological polar surface area (TPSA) is 0 Å². The van der Waals surface area contributed by atoms with Crippen molar-refractivity contribution in [2.45, 2.75) is 34.6 Å². The van der Waals surface area contributed by atoms with Crippen LogP contribution in [0.15, 0.2) is 12.1 Å². The van der Waals surface area contributed by atoms with Gasteiger partial charge in [0.15, 0.2) is 17.5 Å². The lowest BCUT2D eigenvalue weighted by Crippen LogP contribution is -1.92. The molecule has 14 heavy (non-hydrogen) atoms. The fraction of sp³-hybridized carbons (Fsp3) is 0.455. The number of halogens is 3. The van der Waals surface area contributed by atoms with E-state index in [-0.39, 0.29) is 5.56 Å². The molecule has 0 saturated heterocycles. The molecule has 0 spiro atoms. The van der Waals surface area contributed by atoms with Gasteiger partial charge in [-0.1, -0.05) is 33.8 Å². The Morgan fingerprint density at radius 1 is 0.786 bits per heavy atom. The van der Waals surface area contributed by atoms with Crippen LogP contribution in [0.5, 0.6) is 0 Å². The third-order valence-corrected chi connectivity index (χ3v) is 1.23. The second kappa shape index (κ2) is 8.60. The normalized spacial score (nSPS) is 8.00. The highest BCUT2D eigenvalue weighted by atomic mass is 19.2. The van der Waals surface area contributed by atoms with Crippen LogP contribution in [0.1, 0.15) is 33.3 Å². The standard InChI is InChI=1S/C7H5F3.2C2H6/c1-4-2-3-5(8)7(10)6(4)9;2*1-2/h2-3H,1H3;2*1-2H3. The Kier molecular flexibility index (Phi) is 9.51. The van der Waals surface area contributed by atoms with Crippen molar-refractivity contribution in [3.63, 3.8) is 0 Å². The van der Waals surface area contributed by atoms with Crippen LogP contribution >= 0.6 is 0 Å². The Morgan fingerprint density at radius 3 is 1.57 bits per heavy atom. The second-order valence-electron chi connectivity index (χ2n) is 1.99. The summed E-state index contributed by atoms with van der Waals surface area (Å²) < 4.78 is 36.8. The number of hydrogen-bond donors (Lipinski definition) is 0. The van der Waals surface area contributed by atoms with Crippen molar-refractivity contribution in [2.75, 3.05) is 0 Å². The van der Waals surface area contributed by atoms with Gasteiger partial charge in [0.1, 0.15) is 0 Å².